The van der Waals surface area contributed by atoms with E-state index in [0.29, 0.717) is 0 Å². The van der Waals surface area contributed by atoms with Gasteiger partial charge in [0.25, 0.3) is 0 Å². The van der Waals surface area contributed by atoms with E-state index in [1.165, 1.54) is 5.56 Å². The van der Waals surface area contributed by atoms with Crippen LogP contribution in [-0.4, -0.2) is 24.9 Å². The van der Waals surface area contributed by atoms with Crippen LogP contribution in [0.1, 0.15) is 12.0 Å². The van der Waals surface area contributed by atoms with Crippen molar-refractivity contribution in [3.63, 3.8) is 0 Å². The molecule has 0 saturated carbocycles. The summed E-state index contributed by atoms with van der Waals surface area (Å²) < 4.78 is 5.07. The van der Waals surface area contributed by atoms with Crippen molar-refractivity contribution in [2.75, 3.05) is 13.7 Å². The Labute approximate surface area is 89.5 Å². The molecule has 1 rings (SSSR count). The standard InChI is InChI=1S/C11H15ClO2/c1-14-11(8-13)6-5-9-3-2-4-10(12)7-9/h2-4,7,11,13H,5-6,8H2,1H3. The van der Waals surface area contributed by atoms with Gasteiger partial charge in [0.05, 0.1) is 12.7 Å². The number of aliphatic hydroxyl groups is 1. The molecule has 0 aliphatic heterocycles. The summed E-state index contributed by atoms with van der Waals surface area (Å²) in [5, 5.41) is 9.66. The fourth-order valence-corrected chi connectivity index (χ4v) is 1.52. The Kier molecular flexibility index (Phi) is 4.94. The zero-order chi connectivity index (χ0) is 10.4. The van der Waals surface area contributed by atoms with E-state index in [1.54, 1.807) is 7.11 Å². The Morgan fingerprint density at radius 2 is 2.29 bits per heavy atom. The first-order chi connectivity index (χ1) is 6.76. The van der Waals surface area contributed by atoms with Gasteiger partial charge in [-0.1, -0.05) is 23.7 Å². The normalized spacial score (nSPS) is 12.8. The van der Waals surface area contributed by atoms with E-state index in [-0.39, 0.29) is 12.7 Å². The van der Waals surface area contributed by atoms with Gasteiger partial charge in [-0.25, -0.2) is 0 Å². The van der Waals surface area contributed by atoms with Gasteiger partial charge in [-0.3, -0.25) is 0 Å². The third-order valence-electron chi connectivity index (χ3n) is 2.18. The number of hydrogen-bond acceptors (Lipinski definition) is 2. The number of ether oxygens (including phenoxy) is 1. The summed E-state index contributed by atoms with van der Waals surface area (Å²) in [7, 11) is 1.61. The third kappa shape index (κ3) is 3.66. The van der Waals surface area contributed by atoms with Crippen molar-refractivity contribution in [1.82, 2.24) is 0 Å². The topological polar surface area (TPSA) is 29.5 Å². The van der Waals surface area contributed by atoms with E-state index in [4.69, 9.17) is 21.4 Å². The summed E-state index contributed by atoms with van der Waals surface area (Å²) in [4.78, 5) is 0. The van der Waals surface area contributed by atoms with Gasteiger partial charge in [-0.2, -0.15) is 0 Å². The van der Waals surface area contributed by atoms with Gasteiger partial charge in [0.15, 0.2) is 0 Å². The maximum Gasteiger partial charge on any atom is 0.0805 e. The second-order valence-corrected chi connectivity index (χ2v) is 3.65. The molecular formula is C11H15ClO2. The quantitative estimate of drug-likeness (QED) is 0.815. The number of halogens is 1. The second kappa shape index (κ2) is 6.02. The Balaban J connectivity index is 2.44. The minimum Gasteiger partial charge on any atom is -0.394 e. The van der Waals surface area contributed by atoms with Crippen molar-refractivity contribution < 1.29 is 9.84 Å². The van der Waals surface area contributed by atoms with E-state index in [0.717, 1.165) is 17.9 Å². The van der Waals surface area contributed by atoms with Gasteiger partial charge in [-0.15, -0.1) is 0 Å². The van der Waals surface area contributed by atoms with Gasteiger partial charge in [0, 0.05) is 12.1 Å². The summed E-state index contributed by atoms with van der Waals surface area (Å²) in [5.74, 6) is 0. The van der Waals surface area contributed by atoms with E-state index in [1.807, 2.05) is 24.3 Å². The molecule has 0 bridgehead atoms. The summed E-state index contributed by atoms with van der Waals surface area (Å²) in [5.41, 5.74) is 1.17. The van der Waals surface area contributed by atoms with Crippen LogP contribution in [-0.2, 0) is 11.2 Å². The Morgan fingerprint density at radius 3 is 2.86 bits per heavy atom. The van der Waals surface area contributed by atoms with Gasteiger partial charge in [0.2, 0.25) is 0 Å². The van der Waals surface area contributed by atoms with Crippen molar-refractivity contribution in [2.24, 2.45) is 0 Å². The van der Waals surface area contributed by atoms with Gasteiger partial charge in [-0.05, 0) is 30.5 Å². The molecule has 1 aromatic rings. The van der Waals surface area contributed by atoms with Crippen molar-refractivity contribution >= 4 is 11.6 Å². The zero-order valence-electron chi connectivity index (χ0n) is 8.24. The number of methoxy groups -OCH3 is 1. The number of aryl methyl sites for hydroxylation is 1. The van der Waals surface area contributed by atoms with Crippen LogP contribution in [0.4, 0.5) is 0 Å². The van der Waals surface area contributed by atoms with Crippen LogP contribution in [0.25, 0.3) is 0 Å². The lowest BCUT2D eigenvalue weighted by Crippen LogP contribution is -2.16. The first kappa shape index (κ1) is 11.5. The van der Waals surface area contributed by atoms with Crippen molar-refractivity contribution in [3.05, 3.63) is 34.9 Å². The molecule has 0 fully saturated rings. The first-order valence-electron chi connectivity index (χ1n) is 4.64. The largest absolute Gasteiger partial charge is 0.394 e. The molecule has 0 aliphatic rings. The lowest BCUT2D eigenvalue weighted by molar-refractivity contribution is 0.0435. The number of aliphatic hydroxyl groups excluding tert-OH is 1. The number of hydrogen-bond donors (Lipinski definition) is 1. The highest BCUT2D eigenvalue weighted by molar-refractivity contribution is 6.30. The molecule has 0 saturated heterocycles. The lowest BCUT2D eigenvalue weighted by atomic mass is 10.1. The number of rotatable bonds is 5. The molecule has 1 aromatic carbocycles. The first-order valence-corrected chi connectivity index (χ1v) is 5.02. The van der Waals surface area contributed by atoms with Crippen LogP contribution in [0, 0.1) is 0 Å². The molecule has 2 nitrogen and oxygen atoms in total. The zero-order valence-corrected chi connectivity index (χ0v) is 9.00. The maximum absolute atomic E-state index is 8.91. The van der Waals surface area contributed by atoms with E-state index in [9.17, 15) is 0 Å². The van der Waals surface area contributed by atoms with E-state index < -0.39 is 0 Å². The molecule has 0 radical (unpaired) electrons. The molecule has 0 spiro atoms. The summed E-state index contributed by atoms with van der Waals surface area (Å²) in [6.45, 7) is 0.0665. The maximum atomic E-state index is 8.91. The van der Waals surface area contributed by atoms with Crippen molar-refractivity contribution in [3.8, 4) is 0 Å². The smallest absolute Gasteiger partial charge is 0.0805 e. The predicted octanol–water partition coefficient (Wildman–Crippen LogP) is 2.28. The third-order valence-corrected chi connectivity index (χ3v) is 2.42. The Bertz CT molecular complexity index is 272. The summed E-state index contributed by atoms with van der Waals surface area (Å²) >= 11 is 5.85. The average Bonchev–Trinajstić information content (AvgIpc) is 2.19. The van der Waals surface area contributed by atoms with Crippen molar-refractivity contribution in [2.45, 2.75) is 18.9 Å². The monoisotopic (exact) mass is 214 g/mol. The lowest BCUT2D eigenvalue weighted by Gasteiger charge is -2.11. The molecular weight excluding hydrogens is 200 g/mol. The molecule has 1 N–H and O–H groups in total. The van der Waals surface area contributed by atoms with Crippen LogP contribution in [0.15, 0.2) is 24.3 Å². The molecule has 0 aliphatic carbocycles. The van der Waals surface area contributed by atoms with Gasteiger partial charge < -0.3 is 9.84 Å². The highest BCUT2D eigenvalue weighted by Crippen LogP contribution is 2.13. The van der Waals surface area contributed by atoms with E-state index >= 15 is 0 Å². The Hall–Kier alpha value is -0.570. The molecule has 1 unspecified atom stereocenters. The highest BCUT2D eigenvalue weighted by atomic mass is 35.5. The predicted molar refractivity (Wildman–Crippen MR) is 57.7 cm³/mol. The van der Waals surface area contributed by atoms with Crippen LogP contribution < -0.4 is 0 Å². The van der Waals surface area contributed by atoms with Gasteiger partial charge >= 0.3 is 0 Å². The molecule has 0 heterocycles. The fraction of sp³-hybridized carbons (Fsp3) is 0.455. The molecule has 14 heavy (non-hydrogen) atoms. The van der Waals surface area contributed by atoms with Crippen molar-refractivity contribution in [1.29, 1.82) is 0 Å². The molecule has 0 aromatic heterocycles. The minimum atomic E-state index is -0.0750. The number of benzene rings is 1. The second-order valence-electron chi connectivity index (χ2n) is 3.21. The fourth-order valence-electron chi connectivity index (χ4n) is 1.30. The summed E-state index contributed by atoms with van der Waals surface area (Å²) in [6.07, 6.45) is 1.61. The Morgan fingerprint density at radius 1 is 1.50 bits per heavy atom. The van der Waals surface area contributed by atoms with Crippen LogP contribution >= 0.6 is 11.6 Å². The van der Waals surface area contributed by atoms with E-state index in [2.05, 4.69) is 0 Å². The minimum absolute atomic E-state index is 0.0665. The van der Waals surface area contributed by atoms with Crippen LogP contribution in [0.3, 0.4) is 0 Å². The average molecular weight is 215 g/mol. The molecule has 1 atom stereocenters. The molecule has 78 valence electrons. The molecule has 3 heteroatoms. The van der Waals surface area contributed by atoms with Crippen LogP contribution in [0.5, 0.6) is 0 Å². The van der Waals surface area contributed by atoms with Gasteiger partial charge in [0.1, 0.15) is 0 Å². The van der Waals surface area contributed by atoms with Crippen LogP contribution in [0.2, 0.25) is 5.02 Å². The molecule has 0 amide bonds. The summed E-state index contributed by atoms with van der Waals surface area (Å²) in [6, 6.07) is 7.74. The SMILES string of the molecule is COC(CO)CCc1cccc(Cl)c1. The highest BCUT2D eigenvalue weighted by Gasteiger charge is 2.05.